The molecule has 9 nitrogen and oxygen atoms in total. The second-order valence-corrected chi connectivity index (χ2v) is 7.86. The number of nitrogen functional groups attached to an aromatic ring is 1. The number of ether oxygens (including phenoxy) is 1. The van der Waals surface area contributed by atoms with Gasteiger partial charge in [0.05, 0.1) is 30.9 Å². The van der Waals surface area contributed by atoms with E-state index < -0.39 is 0 Å². The van der Waals surface area contributed by atoms with Gasteiger partial charge in [-0.05, 0) is 25.7 Å². The maximum atomic E-state index is 6.00. The van der Waals surface area contributed by atoms with Crippen molar-refractivity contribution in [1.29, 1.82) is 0 Å². The van der Waals surface area contributed by atoms with Crippen molar-refractivity contribution in [3.63, 3.8) is 0 Å². The first kappa shape index (κ1) is 18.2. The summed E-state index contributed by atoms with van der Waals surface area (Å²) in [6.07, 6.45) is 9.83. The Hall–Kier alpha value is -2.81. The zero-order valence-corrected chi connectivity index (χ0v) is 16.8. The van der Waals surface area contributed by atoms with E-state index in [-0.39, 0.29) is 12.2 Å². The van der Waals surface area contributed by atoms with Crippen LogP contribution in [-0.2, 0) is 4.74 Å². The molecule has 152 valence electrons. The molecule has 2 fully saturated rings. The first-order valence-electron chi connectivity index (χ1n) is 10.4. The largest absolute Gasteiger partial charge is 0.382 e. The van der Waals surface area contributed by atoms with Gasteiger partial charge in [0.25, 0.3) is 0 Å². The van der Waals surface area contributed by atoms with Gasteiger partial charge < -0.3 is 19.9 Å². The van der Waals surface area contributed by atoms with Gasteiger partial charge in [-0.3, -0.25) is 0 Å². The van der Waals surface area contributed by atoms with Crippen LogP contribution in [0.15, 0.2) is 18.7 Å². The monoisotopic (exact) mass is 394 g/mol. The van der Waals surface area contributed by atoms with E-state index in [1.54, 1.807) is 12.4 Å². The van der Waals surface area contributed by atoms with Crippen LogP contribution in [0.4, 0.5) is 11.8 Å². The highest BCUT2D eigenvalue weighted by Crippen LogP contribution is 2.32. The predicted octanol–water partition coefficient (Wildman–Crippen LogP) is 2.59. The Morgan fingerprint density at radius 3 is 2.48 bits per heavy atom. The van der Waals surface area contributed by atoms with E-state index in [1.165, 1.54) is 0 Å². The van der Waals surface area contributed by atoms with Crippen LogP contribution in [0.3, 0.4) is 0 Å². The average Bonchev–Trinajstić information content (AvgIpc) is 3.32. The maximum Gasteiger partial charge on any atom is 0.228 e. The molecule has 0 spiro atoms. The van der Waals surface area contributed by atoms with Crippen LogP contribution < -0.4 is 10.6 Å². The Balaban J connectivity index is 1.66. The molecule has 9 heteroatoms. The molecule has 2 aliphatic rings. The van der Waals surface area contributed by atoms with Gasteiger partial charge in [-0.15, -0.1) is 0 Å². The standard InChI is InChI=1S/C20H26N8O/c1-3-12(4-2)28-11-24-18-17(15-7-23-16(21)8-22-15)25-20(26-19(18)28)27-9-13-5-6-14(10-27)29-13/h7-8,11-14H,3-6,9-10H2,1-2H3,(H2,21,23). The van der Waals surface area contributed by atoms with Crippen LogP contribution in [0.25, 0.3) is 22.6 Å². The molecule has 2 bridgehead atoms. The molecule has 2 N–H and O–H groups in total. The van der Waals surface area contributed by atoms with Crippen molar-refractivity contribution in [3.8, 4) is 11.4 Å². The molecule has 0 saturated carbocycles. The Morgan fingerprint density at radius 1 is 1.07 bits per heavy atom. The highest BCUT2D eigenvalue weighted by atomic mass is 16.5. The van der Waals surface area contributed by atoms with Crippen LogP contribution in [0.2, 0.25) is 0 Å². The lowest BCUT2D eigenvalue weighted by Gasteiger charge is -2.32. The van der Waals surface area contributed by atoms with Gasteiger partial charge in [-0.25, -0.2) is 19.9 Å². The van der Waals surface area contributed by atoms with Crippen molar-refractivity contribution < 1.29 is 4.74 Å². The lowest BCUT2D eigenvalue weighted by molar-refractivity contribution is 0.0299. The minimum absolute atomic E-state index is 0.261. The number of imidazole rings is 1. The Morgan fingerprint density at radius 2 is 1.83 bits per heavy atom. The number of morpholine rings is 1. The van der Waals surface area contributed by atoms with Crippen LogP contribution in [0.5, 0.6) is 0 Å². The molecule has 2 saturated heterocycles. The van der Waals surface area contributed by atoms with E-state index in [0.29, 0.717) is 29.2 Å². The van der Waals surface area contributed by atoms with E-state index in [1.807, 2.05) is 6.33 Å². The molecule has 5 heterocycles. The predicted molar refractivity (Wildman–Crippen MR) is 110 cm³/mol. The molecule has 2 atom stereocenters. The summed E-state index contributed by atoms with van der Waals surface area (Å²) >= 11 is 0. The molecule has 0 radical (unpaired) electrons. The van der Waals surface area contributed by atoms with Crippen LogP contribution in [0.1, 0.15) is 45.6 Å². The summed E-state index contributed by atoms with van der Waals surface area (Å²) in [7, 11) is 0. The Bertz CT molecular complexity index is 1000. The fourth-order valence-electron chi connectivity index (χ4n) is 4.41. The van der Waals surface area contributed by atoms with Crippen LogP contribution in [-0.4, -0.2) is 54.8 Å². The van der Waals surface area contributed by atoms with Gasteiger partial charge in [0, 0.05) is 19.1 Å². The third-order valence-corrected chi connectivity index (χ3v) is 5.99. The summed E-state index contributed by atoms with van der Waals surface area (Å²) in [4.78, 5) is 25.4. The summed E-state index contributed by atoms with van der Waals surface area (Å²) in [6.45, 7) is 6.00. The Kier molecular flexibility index (Phi) is 4.54. The van der Waals surface area contributed by atoms with Crippen molar-refractivity contribution in [3.05, 3.63) is 18.7 Å². The third-order valence-electron chi connectivity index (χ3n) is 5.99. The van der Waals surface area contributed by atoms with E-state index in [4.69, 9.17) is 20.4 Å². The topological polar surface area (TPSA) is 108 Å². The number of hydrogen-bond donors (Lipinski definition) is 1. The quantitative estimate of drug-likeness (QED) is 0.703. The molecular formula is C20H26N8O. The molecule has 5 rings (SSSR count). The SMILES string of the molecule is CCC(CC)n1cnc2c(-c3cnc(N)cn3)nc(N3CC4CCC(C3)O4)nc21. The highest BCUT2D eigenvalue weighted by molar-refractivity contribution is 5.87. The van der Waals surface area contributed by atoms with Crippen molar-refractivity contribution >= 4 is 22.9 Å². The number of nitrogens with two attached hydrogens (primary N) is 1. The molecular weight excluding hydrogens is 368 g/mol. The zero-order valence-electron chi connectivity index (χ0n) is 16.8. The van der Waals surface area contributed by atoms with Gasteiger partial charge in [-0.1, -0.05) is 13.8 Å². The van der Waals surface area contributed by atoms with Crippen molar-refractivity contribution in [2.75, 3.05) is 23.7 Å². The molecule has 2 unspecified atom stereocenters. The van der Waals surface area contributed by atoms with E-state index >= 15 is 0 Å². The van der Waals surface area contributed by atoms with Gasteiger partial charge in [0.15, 0.2) is 5.65 Å². The normalized spacial score (nSPS) is 21.4. The summed E-state index contributed by atoms with van der Waals surface area (Å²) in [5, 5.41) is 0. The van der Waals surface area contributed by atoms with Gasteiger partial charge in [-0.2, -0.15) is 4.98 Å². The smallest absolute Gasteiger partial charge is 0.228 e. The van der Waals surface area contributed by atoms with E-state index in [9.17, 15) is 0 Å². The summed E-state index contributed by atoms with van der Waals surface area (Å²) in [6, 6.07) is 0.342. The summed E-state index contributed by atoms with van der Waals surface area (Å²) in [5.74, 6) is 1.09. The second kappa shape index (κ2) is 7.22. The average molecular weight is 394 g/mol. The second-order valence-electron chi connectivity index (χ2n) is 7.86. The number of aromatic nitrogens is 6. The van der Waals surface area contributed by atoms with Crippen molar-refractivity contribution in [2.45, 2.75) is 57.8 Å². The number of nitrogens with zero attached hydrogens (tertiary/aromatic N) is 7. The lowest BCUT2D eigenvalue weighted by Crippen LogP contribution is -2.43. The fourth-order valence-corrected chi connectivity index (χ4v) is 4.41. The third kappa shape index (κ3) is 3.19. The van der Waals surface area contributed by atoms with Crippen LogP contribution >= 0.6 is 0 Å². The lowest BCUT2D eigenvalue weighted by atomic mass is 10.1. The molecule has 29 heavy (non-hydrogen) atoms. The fraction of sp³-hybridized carbons (Fsp3) is 0.550. The zero-order chi connectivity index (χ0) is 20.0. The van der Waals surface area contributed by atoms with Crippen molar-refractivity contribution in [1.82, 2.24) is 29.5 Å². The minimum Gasteiger partial charge on any atom is -0.382 e. The first-order chi connectivity index (χ1) is 14.2. The van der Waals surface area contributed by atoms with Gasteiger partial charge in [0.1, 0.15) is 22.7 Å². The molecule has 0 aliphatic carbocycles. The van der Waals surface area contributed by atoms with E-state index in [2.05, 4.69) is 38.3 Å². The molecule has 3 aromatic heterocycles. The van der Waals surface area contributed by atoms with Gasteiger partial charge in [0.2, 0.25) is 5.95 Å². The maximum absolute atomic E-state index is 6.00. The summed E-state index contributed by atoms with van der Waals surface area (Å²) < 4.78 is 8.17. The van der Waals surface area contributed by atoms with Crippen LogP contribution in [0, 0.1) is 0 Å². The highest BCUT2D eigenvalue weighted by Gasteiger charge is 2.35. The number of anilines is 2. The van der Waals surface area contributed by atoms with Crippen molar-refractivity contribution in [2.24, 2.45) is 0 Å². The summed E-state index contributed by atoms with van der Waals surface area (Å²) in [5.41, 5.74) is 8.67. The first-order valence-corrected chi connectivity index (χ1v) is 10.4. The minimum atomic E-state index is 0.261. The number of rotatable bonds is 5. The number of fused-ring (bicyclic) bond motifs is 3. The Labute approximate surface area is 169 Å². The molecule has 2 aliphatic heterocycles. The molecule has 3 aromatic rings. The van der Waals surface area contributed by atoms with E-state index in [0.717, 1.165) is 49.9 Å². The number of hydrogen-bond acceptors (Lipinski definition) is 8. The van der Waals surface area contributed by atoms with Gasteiger partial charge >= 0.3 is 0 Å². The molecule has 0 aromatic carbocycles. The molecule has 0 amide bonds.